The van der Waals surface area contributed by atoms with Gasteiger partial charge in [0.25, 0.3) is 5.91 Å². The molecule has 2 aromatic rings. The molecule has 0 saturated carbocycles. The van der Waals surface area contributed by atoms with Crippen molar-refractivity contribution in [3.8, 4) is 5.75 Å². The second kappa shape index (κ2) is 8.45. The number of halogens is 1. The molecule has 128 valence electrons. The Hall–Kier alpha value is -2.40. The number of hydrogen-bond acceptors (Lipinski definition) is 2. The van der Waals surface area contributed by atoms with Crippen LogP contribution in [0.1, 0.15) is 25.5 Å². The molecule has 0 aliphatic carbocycles. The predicted molar refractivity (Wildman–Crippen MR) is 92.4 cm³/mol. The number of nitrogens with two attached hydrogens (primary N) is 1. The number of ether oxygens (including phenoxy) is 1. The number of anilines is 1. The first-order valence-corrected chi connectivity index (χ1v) is 8.02. The van der Waals surface area contributed by atoms with E-state index in [4.69, 9.17) is 4.74 Å². The number of amides is 1. The van der Waals surface area contributed by atoms with Crippen LogP contribution in [0.5, 0.6) is 5.75 Å². The molecular formula is C19H24FN2O2+. The molecule has 0 unspecified atom stereocenters. The third-order valence-electron chi connectivity index (χ3n) is 3.90. The monoisotopic (exact) mass is 331 g/mol. The van der Waals surface area contributed by atoms with Crippen LogP contribution in [0.15, 0.2) is 48.5 Å². The van der Waals surface area contributed by atoms with Gasteiger partial charge in [-0.2, -0.15) is 0 Å². The van der Waals surface area contributed by atoms with Gasteiger partial charge in [-0.25, -0.2) is 4.39 Å². The maximum absolute atomic E-state index is 13.1. The first-order valence-electron chi connectivity index (χ1n) is 8.02. The largest absolute Gasteiger partial charge is 0.497 e. The predicted octanol–water partition coefficient (Wildman–Crippen LogP) is 2.73. The van der Waals surface area contributed by atoms with Gasteiger partial charge in [-0.15, -0.1) is 0 Å². The van der Waals surface area contributed by atoms with Crippen molar-refractivity contribution in [1.82, 2.24) is 0 Å². The van der Waals surface area contributed by atoms with E-state index >= 15 is 0 Å². The Labute approximate surface area is 142 Å². The summed E-state index contributed by atoms with van der Waals surface area (Å²) >= 11 is 0. The number of hydrogen-bond donors (Lipinski definition) is 2. The quantitative estimate of drug-likeness (QED) is 0.820. The molecule has 0 spiro atoms. The molecule has 0 aliphatic rings. The van der Waals surface area contributed by atoms with E-state index in [0.717, 1.165) is 17.0 Å². The van der Waals surface area contributed by atoms with E-state index in [1.165, 1.54) is 12.1 Å². The lowest BCUT2D eigenvalue weighted by Gasteiger charge is -2.19. The van der Waals surface area contributed by atoms with Crippen LogP contribution in [0.4, 0.5) is 10.1 Å². The summed E-state index contributed by atoms with van der Waals surface area (Å²) < 4.78 is 18.2. The van der Waals surface area contributed by atoms with E-state index < -0.39 is 0 Å². The molecule has 5 heteroatoms. The standard InChI is InChI=1S/C19H23FN2O2/c1-13(2)19(14-4-6-15(20)7-5-14)21-12-18(23)22-16-8-10-17(24-3)11-9-16/h4-11,13,19,21H,12H2,1-3H3,(H,22,23)/p+1/t19-/m1/s1. The zero-order chi connectivity index (χ0) is 17.5. The molecule has 0 radical (unpaired) electrons. The summed E-state index contributed by atoms with van der Waals surface area (Å²) in [6.45, 7) is 4.48. The summed E-state index contributed by atoms with van der Waals surface area (Å²) in [5.41, 5.74) is 1.75. The molecule has 0 aromatic heterocycles. The van der Waals surface area contributed by atoms with Gasteiger partial charge in [-0.05, 0) is 36.4 Å². The third-order valence-corrected chi connectivity index (χ3v) is 3.90. The second-order valence-corrected chi connectivity index (χ2v) is 6.04. The van der Waals surface area contributed by atoms with Crippen molar-refractivity contribution < 1.29 is 19.2 Å². The van der Waals surface area contributed by atoms with Gasteiger partial charge >= 0.3 is 0 Å². The second-order valence-electron chi connectivity index (χ2n) is 6.04. The first-order chi connectivity index (χ1) is 11.5. The van der Waals surface area contributed by atoms with Crippen molar-refractivity contribution in [2.45, 2.75) is 19.9 Å². The summed E-state index contributed by atoms with van der Waals surface area (Å²) in [5, 5.41) is 4.85. The van der Waals surface area contributed by atoms with E-state index in [-0.39, 0.29) is 17.8 Å². The lowest BCUT2D eigenvalue weighted by molar-refractivity contribution is -0.692. The van der Waals surface area contributed by atoms with Gasteiger partial charge in [0.2, 0.25) is 0 Å². The van der Waals surface area contributed by atoms with Crippen LogP contribution < -0.4 is 15.4 Å². The van der Waals surface area contributed by atoms with Gasteiger partial charge < -0.3 is 15.4 Å². The van der Waals surface area contributed by atoms with Crippen LogP contribution in [-0.2, 0) is 4.79 Å². The van der Waals surface area contributed by atoms with Gasteiger partial charge in [0.05, 0.1) is 7.11 Å². The van der Waals surface area contributed by atoms with Gasteiger partial charge in [0, 0.05) is 17.2 Å². The molecule has 2 rings (SSSR count). The van der Waals surface area contributed by atoms with E-state index in [1.54, 1.807) is 43.5 Å². The highest BCUT2D eigenvalue weighted by molar-refractivity contribution is 5.91. The Morgan fingerprint density at radius 1 is 1.12 bits per heavy atom. The Morgan fingerprint density at radius 3 is 2.29 bits per heavy atom. The van der Waals surface area contributed by atoms with Crippen LogP contribution in [0.2, 0.25) is 0 Å². The molecule has 0 heterocycles. The van der Waals surface area contributed by atoms with Gasteiger partial charge in [-0.3, -0.25) is 4.79 Å². The Morgan fingerprint density at radius 2 is 1.75 bits per heavy atom. The number of nitrogens with one attached hydrogen (secondary N) is 1. The zero-order valence-electron chi connectivity index (χ0n) is 14.3. The number of quaternary nitrogens is 1. The average Bonchev–Trinajstić information content (AvgIpc) is 2.57. The lowest BCUT2D eigenvalue weighted by Crippen LogP contribution is -2.88. The van der Waals surface area contributed by atoms with Crippen molar-refractivity contribution in [1.29, 1.82) is 0 Å². The fourth-order valence-corrected chi connectivity index (χ4v) is 2.60. The van der Waals surface area contributed by atoms with Crippen LogP contribution in [0.3, 0.4) is 0 Å². The molecule has 1 atom stereocenters. The summed E-state index contributed by atoms with van der Waals surface area (Å²) in [5.74, 6) is 0.742. The summed E-state index contributed by atoms with van der Waals surface area (Å²) in [6.07, 6.45) is 0. The minimum Gasteiger partial charge on any atom is -0.497 e. The molecule has 1 amide bonds. The van der Waals surface area contributed by atoms with Crippen molar-refractivity contribution >= 4 is 11.6 Å². The maximum Gasteiger partial charge on any atom is 0.279 e. The van der Waals surface area contributed by atoms with E-state index in [2.05, 4.69) is 19.2 Å². The van der Waals surface area contributed by atoms with E-state index in [0.29, 0.717) is 12.5 Å². The number of rotatable bonds is 7. The van der Waals surface area contributed by atoms with Crippen LogP contribution in [0.25, 0.3) is 0 Å². The van der Waals surface area contributed by atoms with Crippen molar-refractivity contribution in [2.24, 2.45) is 5.92 Å². The van der Waals surface area contributed by atoms with Crippen LogP contribution in [0, 0.1) is 11.7 Å². The highest BCUT2D eigenvalue weighted by atomic mass is 19.1. The number of methoxy groups -OCH3 is 1. The summed E-state index contributed by atoms with van der Waals surface area (Å²) in [6, 6.07) is 13.8. The minimum atomic E-state index is -0.251. The number of benzene rings is 2. The number of carbonyl (C=O) groups is 1. The molecule has 0 fully saturated rings. The molecule has 2 aromatic carbocycles. The fourth-order valence-electron chi connectivity index (χ4n) is 2.60. The smallest absolute Gasteiger partial charge is 0.279 e. The van der Waals surface area contributed by atoms with Crippen molar-refractivity contribution in [2.75, 3.05) is 19.0 Å². The molecule has 24 heavy (non-hydrogen) atoms. The number of carbonyl (C=O) groups excluding carboxylic acids is 1. The van der Waals surface area contributed by atoms with Crippen molar-refractivity contribution in [3.63, 3.8) is 0 Å². The van der Waals surface area contributed by atoms with Gasteiger partial charge in [-0.1, -0.05) is 26.0 Å². The average molecular weight is 331 g/mol. The van der Waals surface area contributed by atoms with Gasteiger partial charge in [0.15, 0.2) is 6.54 Å². The fraction of sp³-hybridized carbons (Fsp3) is 0.316. The zero-order valence-corrected chi connectivity index (χ0v) is 14.3. The normalized spacial score (nSPS) is 12.0. The van der Waals surface area contributed by atoms with Crippen molar-refractivity contribution in [3.05, 3.63) is 59.9 Å². The molecule has 4 nitrogen and oxygen atoms in total. The Kier molecular flexibility index (Phi) is 6.32. The minimum absolute atomic E-state index is 0.0760. The summed E-state index contributed by atoms with van der Waals surface area (Å²) in [7, 11) is 1.60. The lowest BCUT2D eigenvalue weighted by atomic mass is 9.96. The van der Waals surface area contributed by atoms with Crippen LogP contribution >= 0.6 is 0 Å². The third kappa shape index (κ3) is 5.06. The topological polar surface area (TPSA) is 54.9 Å². The molecule has 0 bridgehead atoms. The highest BCUT2D eigenvalue weighted by Crippen LogP contribution is 2.18. The molecule has 0 aliphatic heterocycles. The highest BCUT2D eigenvalue weighted by Gasteiger charge is 2.20. The van der Waals surface area contributed by atoms with Gasteiger partial charge in [0.1, 0.15) is 17.6 Å². The Balaban J connectivity index is 1.93. The first kappa shape index (κ1) is 17.9. The Bertz CT molecular complexity index is 654. The molecule has 3 N–H and O–H groups in total. The molecule has 0 saturated heterocycles. The SMILES string of the molecule is COc1ccc(NC(=O)C[NH2+][C@@H](c2ccc(F)cc2)C(C)C)cc1. The molecular weight excluding hydrogens is 307 g/mol. The summed E-state index contributed by atoms with van der Waals surface area (Å²) in [4.78, 5) is 12.1. The van der Waals surface area contributed by atoms with E-state index in [1.807, 2.05) is 5.32 Å². The maximum atomic E-state index is 13.1. The van der Waals surface area contributed by atoms with E-state index in [9.17, 15) is 9.18 Å². The van der Waals surface area contributed by atoms with Crippen LogP contribution in [-0.4, -0.2) is 19.6 Å².